The molecule has 0 aliphatic carbocycles. The van der Waals surface area contributed by atoms with Gasteiger partial charge in [-0.25, -0.2) is 0 Å². The molecular weight excluding hydrogens is 348 g/mol. The van der Waals surface area contributed by atoms with Crippen LogP contribution < -0.4 is 18.9 Å². The molecule has 0 spiro atoms. The highest BCUT2D eigenvalue weighted by Crippen LogP contribution is 2.52. The molecule has 0 radical (unpaired) electrons. The van der Waals surface area contributed by atoms with Gasteiger partial charge in [0.2, 0.25) is 5.75 Å². The minimum atomic E-state index is -0.319. The molecule has 3 aromatic rings. The summed E-state index contributed by atoms with van der Waals surface area (Å²) in [7, 11) is 4.62. The second kappa shape index (κ2) is 6.75. The van der Waals surface area contributed by atoms with E-state index in [2.05, 4.69) is 9.97 Å². The predicted molar refractivity (Wildman–Crippen MR) is 97.7 cm³/mol. The molecule has 1 aromatic heterocycles. The lowest BCUT2D eigenvalue weighted by molar-refractivity contribution is -0.135. The number of esters is 1. The molecule has 27 heavy (non-hydrogen) atoms. The topological polar surface area (TPSA) is 79.8 Å². The van der Waals surface area contributed by atoms with Crippen LogP contribution in [-0.4, -0.2) is 37.3 Å². The van der Waals surface area contributed by atoms with E-state index in [1.54, 1.807) is 32.7 Å². The largest absolute Gasteiger partial charge is 0.493 e. The zero-order valence-electron chi connectivity index (χ0n) is 15.2. The number of fused-ring (bicyclic) bond motifs is 2. The van der Waals surface area contributed by atoms with Crippen molar-refractivity contribution in [3.63, 3.8) is 0 Å². The Bertz CT molecular complexity index is 1030. The molecule has 0 amide bonds. The van der Waals surface area contributed by atoms with Crippen LogP contribution in [0.2, 0.25) is 0 Å². The fraction of sp³-hybridized carbons (Fsp3) is 0.250. The van der Waals surface area contributed by atoms with Gasteiger partial charge in [-0.2, -0.15) is 0 Å². The van der Waals surface area contributed by atoms with Gasteiger partial charge in [-0.05, 0) is 17.7 Å². The number of ether oxygens (including phenoxy) is 4. The van der Waals surface area contributed by atoms with Crippen LogP contribution >= 0.6 is 0 Å². The van der Waals surface area contributed by atoms with Crippen molar-refractivity contribution in [1.82, 2.24) is 9.97 Å². The second-order valence-corrected chi connectivity index (χ2v) is 6.09. The highest BCUT2D eigenvalue weighted by Gasteiger charge is 2.35. The van der Waals surface area contributed by atoms with Gasteiger partial charge in [-0.15, -0.1) is 0 Å². The van der Waals surface area contributed by atoms with Crippen molar-refractivity contribution in [2.45, 2.75) is 12.3 Å². The smallest absolute Gasteiger partial charge is 0.312 e. The van der Waals surface area contributed by atoms with E-state index in [0.29, 0.717) is 23.0 Å². The van der Waals surface area contributed by atoms with Crippen LogP contribution in [0.5, 0.6) is 23.0 Å². The van der Waals surface area contributed by atoms with Crippen molar-refractivity contribution < 1.29 is 23.7 Å². The summed E-state index contributed by atoms with van der Waals surface area (Å²) in [5, 5.41) is 0. The molecule has 2 aromatic carbocycles. The summed E-state index contributed by atoms with van der Waals surface area (Å²) >= 11 is 0. The number of benzene rings is 2. The number of methoxy groups -OCH3 is 3. The van der Waals surface area contributed by atoms with Crippen molar-refractivity contribution in [1.29, 1.82) is 0 Å². The van der Waals surface area contributed by atoms with Gasteiger partial charge in [-0.3, -0.25) is 14.8 Å². The van der Waals surface area contributed by atoms with E-state index in [0.717, 1.165) is 22.2 Å². The lowest BCUT2D eigenvalue weighted by Crippen LogP contribution is -2.22. The Morgan fingerprint density at radius 3 is 2.41 bits per heavy atom. The number of aromatic nitrogens is 2. The molecule has 1 atom stereocenters. The summed E-state index contributed by atoms with van der Waals surface area (Å²) in [6.45, 7) is 0. The number of hydrogen-bond acceptors (Lipinski definition) is 7. The van der Waals surface area contributed by atoms with Crippen molar-refractivity contribution in [2.24, 2.45) is 0 Å². The molecule has 0 saturated carbocycles. The van der Waals surface area contributed by atoms with Gasteiger partial charge >= 0.3 is 5.97 Å². The van der Waals surface area contributed by atoms with Gasteiger partial charge in [-0.1, -0.05) is 6.07 Å². The predicted octanol–water partition coefficient (Wildman–Crippen LogP) is 3.10. The van der Waals surface area contributed by atoms with Crippen LogP contribution in [-0.2, 0) is 4.79 Å². The molecule has 0 fully saturated rings. The number of rotatable bonds is 4. The zero-order chi connectivity index (χ0) is 19.0. The highest BCUT2D eigenvalue weighted by atomic mass is 16.5. The van der Waals surface area contributed by atoms with Gasteiger partial charge in [0.25, 0.3) is 0 Å². The molecule has 7 nitrogen and oxygen atoms in total. The standard InChI is InChI=1S/C20H18N2O5/c1-24-16-10-15-18(20(26-3)19(16)25-2)12(9-17(23)27-15)11-4-5-13-14(8-11)22-7-6-21-13/h4-8,10,12H,9H2,1-3H3/t12-/m0/s1. The molecule has 138 valence electrons. The Morgan fingerprint density at radius 1 is 0.963 bits per heavy atom. The van der Waals surface area contributed by atoms with Crippen LogP contribution in [0, 0.1) is 0 Å². The second-order valence-electron chi connectivity index (χ2n) is 6.09. The summed E-state index contributed by atoms with van der Waals surface area (Å²) in [4.78, 5) is 20.9. The Morgan fingerprint density at radius 2 is 1.70 bits per heavy atom. The van der Waals surface area contributed by atoms with E-state index < -0.39 is 0 Å². The first-order valence-corrected chi connectivity index (χ1v) is 8.40. The van der Waals surface area contributed by atoms with E-state index in [1.165, 1.54) is 7.11 Å². The molecular formula is C20H18N2O5. The number of nitrogens with zero attached hydrogens (tertiary/aromatic N) is 2. The maximum atomic E-state index is 12.3. The van der Waals surface area contributed by atoms with E-state index in [9.17, 15) is 4.79 Å². The molecule has 4 rings (SSSR count). The summed E-state index contributed by atoms with van der Waals surface area (Å²) < 4.78 is 22.0. The third-order valence-electron chi connectivity index (χ3n) is 4.67. The maximum Gasteiger partial charge on any atom is 0.312 e. The van der Waals surface area contributed by atoms with Crippen LogP contribution in [0.25, 0.3) is 11.0 Å². The fourth-order valence-electron chi connectivity index (χ4n) is 3.49. The first-order chi connectivity index (χ1) is 13.2. The molecule has 7 heteroatoms. The quantitative estimate of drug-likeness (QED) is 0.518. The van der Waals surface area contributed by atoms with Crippen LogP contribution in [0.15, 0.2) is 36.7 Å². The van der Waals surface area contributed by atoms with Gasteiger partial charge < -0.3 is 18.9 Å². The lowest BCUT2D eigenvalue weighted by Gasteiger charge is -2.28. The monoisotopic (exact) mass is 366 g/mol. The van der Waals surface area contributed by atoms with Crippen LogP contribution in [0.4, 0.5) is 0 Å². The average Bonchev–Trinajstić information content (AvgIpc) is 2.71. The summed E-state index contributed by atoms with van der Waals surface area (Å²) in [5.41, 5.74) is 3.22. The minimum absolute atomic E-state index is 0.185. The summed E-state index contributed by atoms with van der Waals surface area (Å²) in [5.74, 6) is 1.21. The van der Waals surface area contributed by atoms with Gasteiger partial charge in [0.05, 0.1) is 38.8 Å². The van der Waals surface area contributed by atoms with E-state index in [1.807, 2.05) is 18.2 Å². The summed E-state index contributed by atoms with van der Waals surface area (Å²) in [6.07, 6.45) is 3.48. The van der Waals surface area contributed by atoms with E-state index in [4.69, 9.17) is 18.9 Å². The van der Waals surface area contributed by atoms with Crippen molar-refractivity contribution >= 4 is 17.0 Å². The van der Waals surface area contributed by atoms with Crippen molar-refractivity contribution in [3.05, 3.63) is 47.8 Å². The SMILES string of the molecule is COc1cc2c(c(OC)c1OC)[C@H](c1ccc3nccnc3c1)CC(=O)O2. The average molecular weight is 366 g/mol. The molecule has 0 unspecified atom stereocenters. The fourth-order valence-corrected chi connectivity index (χ4v) is 3.49. The van der Waals surface area contributed by atoms with Crippen molar-refractivity contribution in [3.8, 4) is 23.0 Å². The Balaban J connectivity index is 1.94. The first-order valence-electron chi connectivity index (χ1n) is 8.40. The Labute approximate surface area is 155 Å². The van der Waals surface area contributed by atoms with E-state index in [-0.39, 0.29) is 18.3 Å². The third kappa shape index (κ3) is 2.81. The molecule has 1 aliphatic rings. The molecule has 2 heterocycles. The van der Waals surface area contributed by atoms with Crippen molar-refractivity contribution in [2.75, 3.05) is 21.3 Å². The Hall–Kier alpha value is -3.35. The molecule has 0 bridgehead atoms. The highest BCUT2D eigenvalue weighted by molar-refractivity contribution is 5.82. The van der Waals surface area contributed by atoms with E-state index >= 15 is 0 Å². The molecule has 0 saturated heterocycles. The normalized spacial score (nSPS) is 15.8. The Kier molecular flexibility index (Phi) is 4.27. The molecule has 1 aliphatic heterocycles. The number of carbonyl (C=O) groups is 1. The van der Waals surface area contributed by atoms with Gasteiger partial charge in [0, 0.05) is 29.9 Å². The van der Waals surface area contributed by atoms with Gasteiger partial charge in [0.1, 0.15) is 5.75 Å². The maximum absolute atomic E-state index is 12.3. The third-order valence-corrected chi connectivity index (χ3v) is 4.67. The summed E-state index contributed by atoms with van der Waals surface area (Å²) in [6, 6.07) is 7.43. The number of hydrogen-bond donors (Lipinski definition) is 0. The molecule has 0 N–H and O–H groups in total. The van der Waals surface area contributed by atoms with Gasteiger partial charge in [0.15, 0.2) is 11.5 Å². The first kappa shape index (κ1) is 17.1. The van der Waals surface area contributed by atoms with Crippen LogP contribution in [0.1, 0.15) is 23.5 Å². The minimum Gasteiger partial charge on any atom is -0.493 e. The van der Waals surface area contributed by atoms with Crippen LogP contribution in [0.3, 0.4) is 0 Å². The number of carbonyl (C=O) groups excluding carboxylic acids is 1. The zero-order valence-corrected chi connectivity index (χ0v) is 15.2. The lowest BCUT2D eigenvalue weighted by atomic mass is 9.85.